The van der Waals surface area contributed by atoms with E-state index < -0.39 is 15.8 Å². The Hall–Kier alpha value is -0.460. The molecule has 0 N–H and O–H groups in total. The summed E-state index contributed by atoms with van der Waals surface area (Å²) in [6.45, 7) is 3.82. The van der Waals surface area contributed by atoms with Crippen molar-refractivity contribution in [3.8, 4) is 0 Å². The SMILES string of the molecule is Cc1cc(F)cc(C)c1S(=O)(=O)N1CCCC1CBr. The van der Waals surface area contributed by atoms with Crippen molar-refractivity contribution < 1.29 is 12.8 Å². The summed E-state index contributed by atoms with van der Waals surface area (Å²) in [6, 6.07) is 2.55. The number of nitrogens with zero attached hydrogens (tertiary/aromatic N) is 1. The molecule has 0 saturated carbocycles. The zero-order valence-corrected chi connectivity index (χ0v) is 13.4. The fourth-order valence-electron chi connectivity index (χ4n) is 2.70. The molecule has 19 heavy (non-hydrogen) atoms. The van der Waals surface area contributed by atoms with Crippen LogP contribution in [0, 0.1) is 19.7 Å². The fraction of sp³-hybridized carbons (Fsp3) is 0.538. The molecule has 0 bridgehead atoms. The number of sulfonamides is 1. The molecule has 0 spiro atoms. The van der Waals surface area contributed by atoms with Crippen molar-refractivity contribution >= 4 is 26.0 Å². The molecule has 1 fully saturated rings. The molecule has 1 heterocycles. The van der Waals surface area contributed by atoms with E-state index in [1.165, 1.54) is 16.4 Å². The summed E-state index contributed by atoms with van der Waals surface area (Å²) in [6.07, 6.45) is 1.73. The highest BCUT2D eigenvalue weighted by Crippen LogP contribution is 2.30. The Bertz CT molecular complexity index is 565. The van der Waals surface area contributed by atoms with Crippen molar-refractivity contribution in [1.82, 2.24) is 4.31 Å². The monoisotopic (exact) mass is 349 g/mol. The van der Waals surface area contributed by atoms with E-state index in [0.717, 1.165) is 12.8 Å². The first-order valence-electron chi connectivity index (χ1n) is 6.22. The van der Waals surface area contributed by atoms with Gasteiger partial charge in [0.05, 0.1) is 4.90 Å². The zero-order valence-electron chi connectivity index (χ0n) is 11.0. The van der Waals surface area contributed by atoms with E-state index >= 15 is 0 Å². The number of hydrogen-bond donors (Lipinski definition) is 0. The number of hydrogen-bond acceptors (Lipinski definition) is 2. The van der Waals surface area contributed by atoms with Crippen LogP contribution in [0.1, 0.15) is 24.0 Å². The molecule has 1 unspecified atom stereocenters. The lowest BCUT2D eigenvalue weighted by Crippen LogP contribution is -2.37. The quantitative estimate of drug-likeness (QED) is 0.786. The van der Waals surface area contributed by atoms with Crippen molar-refractivity contribution in [2.75, 3.05) is 11.9 Å². The number of rotatable bonds is 3. The van der Waals surface area contributed by atoms with E-state index in [2.05, 4.69) is 15.9 Å². The van der Waals surface area contributed by atoms with Crippen LogP contribution in [-0.4, -0.2) is 30.6 Å². The summed E-state index contributed by atoms with van der Waals surface area (Å²) in [5, 5.41) is 0.630. The summed E-state index contributed by atoms with van der Waals surface area (Å²) in [7, 11) is -3.54. The summed E-state index contributed by atoms with van der Waals surface area (Å²) in [5.74, 6) is -0.396. The van der Waals surface area contributed by atoms with Crippen molar-refractivity contribution in [2.24, 2.45) is 0 Å². The van der Waals surface area contributed by atoms with Crippen LogP contribution in [0.2, 0.25) is 0 Å². The van der Waals surface area contributed by atoms with Gasteiger partial charge in [0.15, 0.2) is 0 Å². The Morgan fingerprint density at radius 2 is 1.95 bits per heavy atom. The minimum absolute atomic E-state index is 0.00569. The maximum absolute atomic E-state index is 13.3. The maximum Gasteiger partial charge on any atom is 0.243 e. The third kappa shape index (κ3) is 2.71. The number of halogens is 2. The third-order valence-electron chi connectivity index (χ3n) is 3.49. The first-order valence-corrected chi connectivity index (χ1v) is 8.78. The average Bonchev–Trinajstić information content (AvgIpc) is 2.75. The van der Waals surface area contributed by atoms with Gasteiger partial charge in [0.25, 0.3) is 0 Å². The molecule has 1 aromatic rings. The lowest BCUT2D eigenvalue weighted by Gasteiger charge is -2.24. The first kappa shape index (κ1) is 14.9. The number of alkyl halides is 1. The fourth-order valence-corrected chi connectivity index (χ4v) is 5.67. The highest BCUT2D eigenvalue weighted by atomic mass is 79.9. The molecule has 1 atom stereocenters. The van der Waals surface area contributed by atoms with Gasteiger partial charge in [-0.2, -0.15) is 4.31 Å². The van der Waals surface area contributed by atoms with E-state index in [4.69, 9.17) is 0 Å². The van der Waals surface area contributed by atoms with Crippen molar-refractivity contribution in [2.45, 2.75) is 37.6 Å². The molecule has 0 aromatic heterocycles. The summed E-state index contributed by atoms with van der Waals surface area (Å²) < 4.78 is 40.3. The second-order valence-corrected chi connectivity index (χ2v) is 7.41. The number of benzene rings is 1. The van der Waals surface area contributed by atoms with Gasteiger partial charge in [-0.15, -0.1) is 0 Å². The molecule has 3 nitrogen and oxygen atoms in total. The van der Waals surface area contributed by atoms with Gasteiger partial charge in [0.2, 0.25) is 10.0 Å². The molecule has 1 aromatic carbocycles. The van der Waals surface area contributed by atoms with Crippen molar-refractivity contribution in [1.29, 1.82) is 0 Å². The molecule has 1 aliphatic rings. The Labute approximate surface area is 122 Å². The van der Waals surface area contributed by atoms with Crippen LogP contribution in [0.3, 0.4) is 0 Å². The minimum atomic E-state index is -3.54. The lowest BCUT2D eigenvalue weighted by atomic mass is 10.1. The third-order valence-corrected chi connectivity index (χ3v) is 6.50. The van der Waals surface area contributed by atoms with Gasteiger partial charge in [-0.3, -0.25) is 0 Å². The molecule has 1 saturated heterocycles. The highest BCUT2D eigenvalue weighted by Gasteiger charge is 2.36. The van der Waals surface area contributed by atoms with Gasteiger partial charge in [-0.25, -0.2) is 12.8 Å². The molecule has 0 amide bonds. The van der Waals surface area contributed by atoms with Crippen LogP contribution in [0.15, 0.2) is 17.0 Å². The van der Waals surface area contributed by atoms with Gasteiger partial charge in [-0.1, -0.05) is 15.9 Å². The van der Waals surface area contributed by atoms with Crippen LogP contribution in [0.25, 0.3) is 0 Å². The summed E-state index contributed by atoms with van der Waals surface area (Å²) in [4.78, 5) is 0.252. The molecule has 1 aliphatic heterocycles. The molecule has 6 heteroatoms. The average molecular weight is 350 g/mol. The van der Waals surface area contributed by atoms with Gasteiger partial charge in [0.1, 0.15) is 5.82 Å². The Balaban J connectivity index is 2.51. The zero-order chi connectivity index (χ0) is 14.2. The minimum Gasteiger partial charge on any atom is -0.207 e. The lowest BCUT2D eigenvalue weighted by molar-refractivity contribution is 0.413. The first-order chi connectivity index (χ1) is 8.87. The van der Waals surface area contributed by atoms with E-state index in [1.807, 2.05) is 0 Å². The predicted octanol–water partition coefficient (Wildman–Crippen LogP) is 2.99. The molecular formula is C13H17BrFNO2S. The maximum atomic E-state index is 13.3. The molecule has 2 rings (SSSR count). The normalized spacial score (nSPS) is 20.9. The van der Waals surface area contributed by atoms with Crippen molar-refractivity contribution in [3.05, 3.63) is 29.1 Å². The second kappa shape index (κ2) is 5.50. The van der Waals surface area contributed by atoms with Gasteiger partial charge in [-0.05, 0) is 49.9 Å². The second-order valence-electron chi connectivity index (χ2n) is 4.93. The Kier molecular flexibility index (Phi) is 4.32. The van der Waals surface area contributed by atoms with Gasteiger partial charge < -0.3 is 0 Å². The topological polar surface area (TPSA) is 37.4 Å². The molecular weight excluding hydrogens is 333 g/mol. The summed E-state index contributed by atoms with van der Waals surface area (Å²) >= 11 is 3.36. The van der Waals surface area contributed by atoms with E-state index in [9.17, 15) is 12.8 Å². The Morgan fingerprint density at radius 3 is 2.47 bits per heavy atom. The largest absolute Gasteiger partial charge is 0.243 e. The van der Waals surface area contributed by atoms with Crippen LogP contribution >= 0.6 is 15.9 Å². The van der Waals surface area contributed by atoms with Crippen LogP contribution in [0.5, 0.6) is 0 Å². The van der Waals surface area contributed by atoms with E-state index in [-0.39, 0.29) is 10.9 Å². The number of aryl methyl sites for hydroxylation is 2. The van der Waals surface area contributed by atoms with Crippen molar-refractivity contribution in [3.63, 3.8) is 0 Å². The van der Waals surface area contributed by atoms with Crippen LogP contribution in [-0.2, 0) is 10.0 Å². The molecule has 0 radical (unpaired) electrons. The van der Waals surface area contributed by atoms with Gasteiger partial charge in [0, 0.05) is 17.9 Å². The van der Waals surface area contributed by atoms with Crippen LogP contribution in [0.4, 0.5) is 4.39 Å². The highest BCUT2D eigenvalue weighted by molar-refractivity contribution is 9.09. The Morgan fingerprint density at radius 1 is 1.37 bits per heavy atom. The molecule has 106 valence electrons. The van der Waals surface area contributed by atoms with E-state index in [0.29, 0.717) is 23.0 Å². The molecule has 0 aliphatic carbocycles. The van der Waals surface area contributed by atoms with E-state index in [1.54, 1.807) is 13.8 Å². The smallest absolute Gasteiger partial charge is 0.207 e. The summed E-state index contributed by atoms with van der Waals surface area (Å²) in [5.41, 5.74) is 0.940. The predicted molar refractivity (Wildman–Crippen MR) is 76.6 cm³/mol. The van der Waals surface area contributed by atoms with Gasteiger partial charge >= 0.3 is 0 Å². The standard InChI is InChI=1S/C13H17BrFNO2S/c1-9-6-11(15)7-10(2)13(9)19(17,18)16-5-3-4-12(16)8-14/h6-7,12H,3-5,8H2,1-2H3. The van der Waals surface area contributed by atoms with Crippen LogP contribution < -0.4 is 0 Å².